The maximum atomic E-state index is 13.6. The predicted molar refractivity (Wildman–Crippen MR) is 84.3 cm³/mol. The van der Waals surface area contributed by atoms with Crippen molar-refractivity contribution < 1.29 is 13.9 Å². The Morgan fingerprint density at radius 2 is 1.86 bits per heavy atom. The third-order valence-electron chi connectivity index (χ3n) is 3.70. The number of hydrogen-bond acceptors (Lipinski definition) is 2. The van der Waals surface area contributed by atoms with E-state index in [1.54, 1.807) is 25.2 Å². The molecule has 0 saturated heterocycles. The molecule has 0 heterocycles. The molecule has 2 rings (SSSR count). The largest absolute Gasteiger partial charge is 0.483 e. The average Bonchev–Trinajstić information content (AvgIpc) is 2.50. The highest BCUT2D eigenvalue weighted by Crippen LogP contribution is 2.20. The SMILES string of the molecule is Cc1cccc(OCC(=O)N(C)Cc2ccccc2F)c1C. The topological polar surface area (TPSA) is 29.5 Å². The Kier molecular flexibility index (Phi) is 5.15. The summed E-state index contributed by atoms with van der Waals surface area (Å²) in [6.07, 6.45) is 0. The van der Waals surface area contributed by atoms with E-state index in [9.17, 15) is 9.18 Å². The molecule has 0 N–H and O–H groups in total. The van der Waals surface area contributed by atoms with Crippen LogP contribution in [0, 0.1) is 19.7 Å². The van der Waals surface area contributed by atoms with Crippen molar-refractivity contribution in [3.05, 3.63) is 65.0 Å². The first-order valence-corrected chi connectivity index (χ1v) is 7.15. The molecule has 0 aliphatic heterocycles. The molecular weight excluding hydrogens is 281 g/mol. The molecule has 0 saturated carbocycles. The van der Waals surface area contributed by atoms with E-state index < -0.39 is 0 Å². The first-order valence-electron chi connectivity index (χ1n) is 7.15. The van der Waals surface area contributed by atoms with E-state index in [4.69, 9.17) is 4.74 Å². The standard InChI is InChI=1S/C18H20FNO2/c1-13-7-6-10-17(14(13)2)22-12-18(21)20(3)11-15-8-4-5-9-16(15)19/h4-10H,11-12H2,1-3H3. The van der Waals surface area contributed by atoms with Gasteiger partial charge in [0.15, 0.2) is 6.61 Å². The number of halogens is 1. The van der Waals surface area contributed by atoms with Gasteiger partial charge in [-0.2, -0.15) is 0 Å². The first kappa shape index (κ1) is 16.0. The third kappa shape index (κ3) is 3.85. The number of hydrogen-bond donors (Lipinski definition) is 0. The molecule has 4 heteroatoms. The molecule has 0 aromatic heterocycles. The minimum absolute atomic E-state index is 0.0603. The molecule has 0 spiro atoms. The van der Waals surface area contributed by atoms with E-state index in [1.807, 2.05) is 32.0 Å². The van der Waals surface area contributed by atoms with Crippen molar-refractivity contribution in [2.45, 2.75) is 20.4 Å². The third-order valence-corrected chi connectivity index (χ3v) is 3.70. The fraction of sp³-hybridized carbons (Fsp3) is 0.278. The van der Waals surface area contributed by atoms with Crippen molar-refractivity contribution in [2.75, 3.05) is 13.7 Å². The second-order valence-corrected chi connectivity index (χ2v) is 5.33. The maximum Gasteiger partial charge on any atom is 0.260 e. The molecule has 0 aliphatic carbocycles. The number of carbonyl (C=O) groups excluding carboxylic acids is 1. The number of aryl methyl sites for hydroxylation is 1. The predicted octanol–water partition coefficient (Wildman–Crippen LogP) is 3.48. The monoisotopic (exact) mass is 301 g/mol. The van der Waals surface area contributed by atoms with Crippen molar-refractivity contribution >= 4 is 5.91 Å². The van der Waals surface area contributed by atoms with E-state index in [1.165, 1.54) is 11.0 Å². The van der Waals surface area contributed by atoms with Gasteiger partial charge in [0, 0.05) is 19.2 Å². The fourth-order valence-corrected chi connectivity index (χ4v) is 2.10. The fourth-order valence-electron chi connectivity index (χ4n) is 2.10. The van der Waals surface area contributed by atoms with E-state index in [0.29, 0.717) is 11.3 Å². The number of carbonyl (C=O) groups is 1. The zero-order chi connectivity index (χ0) is 16.1. The summed E-state index contributed by atoms with van der Waals surface area (Å²) < 4.78 is 19.2. The van der Waals surface area contributed by atoms with Crippen LogP contribution in [0.3, 0.4) is 0 Å². The lowest BCUT2D eigenvalue weighted by Crippen LogP contribution is -2.31. The van der Waals surface area contributed by atoms with Gasteiger partial charge < -0.3 is 9.64 Å². The van der Waals surface area contributed by atoms with E-state index >= 15 is 0 Å². The van der Waals surface area contributed by atoms with Crippen molar-refractivity contribution in [3.8, 4) is 5.75 Å². The van der Waals surface area contributed by atoms with Crippen molar-refractivity contribution in [1.82, 2.24) is 4.90 Å². The summed E-state index contributed by atoms with van der Waals surface area (Å²) in [6, 6.07) is 12.2. The van der Waals surface area contributed by atoms with Gasteiger partial charge in [-0.3, -0.25) is 4.79 Å². The first-order chi connectivity index (χ1) is 10.5. The molecule has 0 bridgehead atoms. The molecular formula is C18H20FNO2. The van der Waals surface area contributed by atoms with Crippen LogP contribution >= 0.6 is 0 Å². The molecule has 3 nitrogen and oxygen atoms in total. The molecule has 1 amide bonds. The number of ether oxygens (including phenoxy) is 1. The quantitative estimate of drug-likeness (QED) is 0.846. The van der Waals surface area contributed by atoms with Crippen LogP contribution in [-0.2, 0) is 11.3 Å². The van der Waals surface area contributed by atoms with Gasteiger partial charge >= 0.3 is 0 Å². The van der Waals surface area contributed by atoms with Crippen LogP contribution < -0.4 is 4.74 Å². The zero-order valence-electron chi connectivity index (χ0n) is 13.1. The molecule has 22 heavy (non-hydrogen) atoms. The van der Waals surface area contributed by atoms with Gasteiger partial charge in [0.1, 0.15) is 11.6 Å². The molecule has 0 unspecified atom stereocenters. The van der Waals surface area contributed by atoms with E-state index in [2.05, 4.69) is 0 Å². The normalized spacial score (nSPS) is 10.4. The number of benzene rings is 2. The second-order valence-electron chi connectivity index (χ2n) is 5.33. The summed E-state index contributed by atoms with van der Waals surface area (Å²) in [5.41, 5.74) is 2.63. The van der Waals surface area contributed by atoms with Gasteiger partial charge in [-0.1, -0.05) is 30.3 Å². The van der Waals surface area contributed by atoms with Gasteiger partial charge in [-0.15, -0.1) is 0 Å². The van der Waals surface area contributed by atoms with Gasteiger partial charge in [-0.05, 0) is 37.1 Å². The lowest BCUT2D eigenvalue weighted by Gasteiger charge is -2.18. The highest BCUT2D eigenvalue weighted by molar-refractivity contribution is 5.77. The van der Waals surface area contributed by atoms with Crippen LogP contribution in [0.25, 0.3) is 0 Å². The molecule has 0 radical (unpaired) electrons. The van der Waals surface area contributed by atoms with Crippen molar-refractivity contribution in [2.24, 2.45) is 0 Å². The summed E-state index contributed by atoms with van der Waals surface area (Å²) in [5.74, 6) is 0.203. The van der Waals surface area contributed by atoms with Gasteiger partial charge in [0.2, 0.25) is 0 Å². The molecule has 0 fully saturated rings. The Morgan fingerprint density at radius 1 is 1.14 bits per heavy atom. The summed E-state index contributed by atoms with van der Waals surface area (Å²) >= 11 is 0. The van der Waals surface area contributed by atoms with Gasteiger partial charge in [-0.25, -0.2) is 4.39 Å². The van der Waals surface area contributed by atoms with E-state index in [0.717, 1.165) is 11.1 Å². The number of amides is 1. The lowest BCUT2D eigenvalue weighted by atomic mass is 10.1. The van der Waals surface area contributed by atoms with Crippen LogP contribution in [0.4, 0.5) is 4.39 Å². The average molecular weight is 301 g/mol. The zero-order valence-corrected chi connectivity index (χ0v) is 13.1. The smallest absolute Gasteiger partial charge is 0.260 e. The van der Waals surface area contributed by atoms with Gasteiger partial charge in [0.25, 0.3) is 5.91 Å². The lowest BCUT2D eigenvalue weighted by molar-refractivity contribution is -0.132. The number of nitrogens with zero attached hydrogens (tertiary/aromatic N) is 1. The maximum absolute atomic E-state index is 13.6. The number of rotatable bonds is 5. The van der Waals surface area contributed by atoms with Gasteiger partial charge in [0.05, 0.1) is 0 Å². The molecule has 0 atom stereocenters. The summed E-state index contributed by atoms with van der Waals surface area (Å²) in [6.45, 7) is 4.11. The number of likely N-dealkylation sites (N-methyl/N-ethyl adjacent to an activating group) is 1. The summed E-state index contributed by atoms with van der Waals surface area (Å²) in [7, 11) is 1.64. The Balaban J connectivity index is 1.94. The molecule has 2 aromatic rings. The Labute approximate surface area is 130 Å². The molecule has 116 valence electrons. The highest BCUT2D eigenvalue weighted by Gasteiger charge is 2.13. The highest BCUT2D eigenvalue weighted by atomic mass is 19.1. The summed E-state index contributed by atoms with van der Waals surface area (Å²) in [5, 5.41) is 0. The summed E-state index contributed by atoms with van der Waals surface area (Å²) in [4.78, 5) is 13.6. The molecule has 0 aliphatic rings. The molecule has 2 aromatic carbocycles. The Bertz CT molecular complexity index is 670. The second kappa shape index (κ2) is 7.07. The van der Waals surface area contributed by atoms with Crippen LogP contribution in [-0.4, -0.2) is 24.5 Å². The van der Waals surface area contributed by atoms with Crippen molar-refractivity contribution in [3.63, 3.8) is 0 Å². The van der Waals surface area contributed by atoms with Crippen LogP contribution in [0.1, 0.15) is 16.7 Å². The van der Waals surface area contributed by atoms with E-state index in [-0.39, 0.29) is 24.9 Å². The van der Waals surface area contributed by atoms with Crippen LogP contribution in [0.15, 0.2) is 42.5 Å². The van der Waals surface area contributed by atoms with Crippen LogP contribution in [0.5, 0.6) is 5.75 Å². The van der Waals surface area contributed by atoms with Crippen LogP contribution in [0.2, 0.25) is 0 Å². The van der Waals surface area contributed by atoms with Crippen molar-refractivity contribution in [1.29, 1.82) is 0 Å². The minimum Gasteiger partial charge on any atom is -0.483 e. The Hall–Kier alpha value is -2.36. The minimum atomic E-state index is -0.308. The Morgan fingerprint density at radius 3 is 2.59 bits per heavy atom.